The summed E-state index contributed by atoms with van der Waals surface area (Å²) < 4.78 is 4.82. The molecule has 1 aromatic carbocycles. The van der Waals surface area contributed by atoms with Gasteiger partial charge in [0.25, 0.3) is 0 Å². The third-order valence-corrected chi connectivity index (χ3v) is 3.29. The smallest absolute Gasteiger partial charge is 0.404 e. The number of primary amides is 1. The van der Waals surface area contributed by atoms with Gasteiger partial charge in [-0.2, -0.15) is 0 Å². The van der Waals surface area contributed by atoms with E-state index in [-0.39, 0.29) is 0 Å². The molecule has 98 valence electrons. The summed E-state index contributed by atoms with van der Waals surface area (Å²) in [6.45, 7) is 3.41. The molecule has 3 N–H and O–H groups in total. The number of carbonyl (C=O) groups is 1. The van der Waals surface area contributed by atoms with Gasteiger partial charge in [0.1, 0.15) is 11.7 Å². The third kappa shape index (κ3) is 2.80. The molecule has 1 saturated heterocycles. The Hall–Kier alpha value is -1.59. The highest BCUT2D eigenvalue weighted by Gasteiger charge is 2.47. The molecule has 1 aliphatic rings. The van der Waals surface area contributed by atoms with Gasteiger partial charge >= 0.3 is 6.09 Å². The number of hydrogen-bond acceptors (Lipinski definition) is 4. The molecule has 5 nitrogen and oxygen atoms in total. The summed E-state index contributed by atoms with van der Waals surface area (Å²) in [5.41, 5.74) is 5.16. The van der Waals surface area contributed by atoms with Gasteiger partial charge in [-0.1, -0.05) is 30.3 Å². The molecule has 0 aliphatic carbocycles. The minimum Gasteiger partial charge on any atom is -0.444 e. The van der Waals surface area contributed by atoms with E-state index in [1.165, 1.54) is 5.56 Å². The van der Waals surface area contributed by atoms with Gasteiger partial charge in [-0.05, 0) is 12.5 Å². The highest BCUT2D eigenvalue weighted by atomic mass is 16.6. The molecule has 0 saturated carbocycles. The molecule has 5 heteroatoms. The maximum Gasteiger partial charge on any atom is 0.404 e. The molecule has 0 aromatic heterocycles. The van der Waals surface area contributed by atoms with Gasteiger partial charge in [-0.3, -0.25) is 4.90 Å². The Bertz CT molecular complexity index is 416. The molecule has 0 unspecified atom stereocenters. The van der Waals surface area contributed by atoms with Crippen LogP contribution in [-0.4, -0.2) is 40.9 Å². The highest BCUT2D eigenvalue weighted by molar-refractivity contribution is 5.64. The second kappa shape index (κ2) is 4.96. The molecule has 2 rings (SSSR count). The van der Waals surface area contributed by atoms with Crippen molar-refractivity contribution in [1.82, 2.24) is 4.90 Å². The van der Waals surface area contributed by atoms with Crippen LogP contribution in [0.5, 0.6) is 0 Å². The van der Waals surface area contributed by atoms with E-state index >= 15 is 0 Å². The molecule has 0 bridgehead atoms. The van der Waals surface area contributed by atoms with Gasteiger partial charge in [-0.15, -0.1) is 0 Å². The van der Waals surface area contributed by atoms with E-state index in [9.17, 15) is 9.90 Å². The topological polar surface area (TPSA) is 75.8 Å². The molecular weight excluding hydrogens is 232 g/mol. The number of likely N-dealkylation sites (tertiary alicyclic amines) is 1. The maximum absolute atomic E-state index is 10.6. The van der Waals surface area contributed by atoms with Gasteiger partial charge in [0.15, 0.2) is 0 Å². The van der Waals surface area contributed by atoms with Crippen LogP contribution in [0, 0.1) is 0 Å². The molecule has 0 radical (unpaired) electrons. The van der Waals surface area contributed by atoms with E-state index in [2.05, 4.69) is 4.90 Å². The van der Waals surface area contributed by atoms with Crippen LogP contribution in [0.4, 0.5) is 4.79 Å². The average molecular weight is 250 g/mol. The highest BCUT2D eigenvalue weighted by Crippen LogP contribution is 2.27. The fourth-order valence-electron chi connectivity index (χ4n) is 2.22. The largest absolute Gasteiger partial charge is 0.444 e. The first kappa shape index (κ1) is 12.9. The second-order valence-corrected chi connectivity index (χ2v) is 4.81. The Morgan fingerprint density at radius 3 is 2.67 bits per heavy atom. The van der Waals surface area contributed by atoms with Crippen molar-refractivity contribution in [2.24, 2.45) is 5.73 Å². The molecule has 1 aromatic rings. The van der Waals surface area contributed by atoms with Gasteiger partial charge < -0.3 is 15.6 Å². The first-order chi connectivity index (χ1) is 8.49. The predicted octanol–water partition coefficient (Wildman–Crippen LogP) is 0.717. The van der Waals surface area contributed by atoms with E-state index in [0.29, 0.717) is 13.1 Å². The number of amides is 1. The van der Waals surface area contributed by atoms with E-state index in [0.717, 1.165) is 6.54 Å². The Morgan fingerprint density at radius 1 is 1.50 bits per heavy atom. The summed E-state index contributed by atoms with van der Waals surface area (Å²) in [6.07, 6.45) is -1.43. The summed E-state index contributed by atoms with van der Waals surface area (Å²) in [5.74, 6) is 0. The number of aliphatic hydroxyl groups is 1. The van der Waals surface area contributed by atoms with Crippen molar-refractivity contribution in [2.45, 2.75) is 25.2 Å². The fraction of sp³-hybridized carbons (Fsp3) is 0.462. The van der Waals surface area contributed by atoms with E-state index < -0.39 is 17.8 Å². The summed E-state index contributed by atoms with van der Waals surface area (Å²) >= 11 is 0. The van der Waals surface area contributed by atoms with Crippen molar-refractivity contribution in [3.63, 3.8) is 0 Å². The minimum atomic E-state index is -0.982. The first-order valence-electron chi connectivity index (χ1n) is 5.94. The zero-order chi connectivity index (χ0) is 13.2. The summed E-state index contributed by atoms with van der Waals surface area (Å²) in [7, 11) is 0. The van der Waals surface area contributed by atoms with Crippen LogP contribution in [0.1, 0.15) is 12.5 Å². The fourth-order valence-corrected chi connectivity index (χ4v) is 2.22. The van der Waals surface area contributed by atoms with Crippen LogP contribution < -0.4 is 5.73 Å². The Labute approximate surface area is 106 Å². The van der Waals surface area contributed by atoms with Crippen LogP contribution >= 0.6 is 0 Å². The number of hydrogen-bond donors (Lipinski definition) is 2. The minimum absolute atomic E-state index is 0.482. The second-order valence-electron chi connectivity index (χ2n) is 4.81. The Kier molecular flexibility index (Phi) is 3.54. The standard InChI is InChI=1S/C13H18N2O3/c1-10(18-12(14)16)13(17)8-15(9-13)7-11-5-3-2-4-6-11/h2-6,10,17H,7-9H2,1H3,(H2,14,16)/t10-/m1/s1. The lowest BCUT2D eigenvalue weighted by atomic mass is 9.88. The molecule has 1 amide bonds. The lowest BCUT2D eigenvalue weighted by Crippen LogP contribution is -2.67. The zero-order valence-electron chi connectivity index (χ0n) is 10.4. The van der Waals surface area contributed by atoms with Crippen LogP contribution in [0.15, 0.2) is 30.3 Å². The quantitative estimate of drug-likeness (QED) is 0.825. The number of carbonyl (C=O) groups excluding carboxylic acids is 1. The van der Waals surface area contributed by atoms with Crippen LogP contribution in [0.25, 0.3) is 0 Å². The van der Waals surface area contributed by atoms with Crippen molar-refractivity contribution < 1.29 is 14.6 Å². The maximum atomic E-state index is 10.6. The number of nitrogens with two attached hydrogens (primary N) is 1. The average Bonchev–Trinajstić information content (AvgIpc) is 2.27. The van der Waals surface area contributed by atoms with Crippen molar-refractivity contribution in [3.05, 3.63) is 35.9 Å². The van der Waals surface area contributed by atoms with Crippen molar-refractivity contribution in [2.75, 3.05) is 13.1 Å². The third-order valence-electron chi connectivity index (χ3n) is 3.29. The monoisotopic (exact) mass is 250 g/mol. The number of benzene rings is 1. The summed E-state index contributed by atoms with van der Waals surface area (Å²) in [4.78, 5) is 12.7. The molecule has 1 heterocycles. The number of rotatable bonds is 4. The van der Waals surface area contributed by atoms with Gasteiger partial charge in [0.05, 0.1) is 0 Å². The van der Waals surface area contributed by atoms with E-state index in [1.54, 1.807) is 6.92 Å². The Balaban J connectivity index is 1.84. The lowest BCUT2D eigenvalue weighted by Gasteiger charge is -2.48. The Morgan fingerprint density at radius 2 is 2.11 bits per heavy atom. The van der Waals surface area contributed by atoms with Crippen LogP contribution in [-0.2, 0) is 11.3 Å². The van der Waals surface area contributed by atoms with Gasteiger partial charge in [-0.25, -0.2) is 4.79 Å². The molecule has 1 aliphatic heterocycles. The lowest BCUT2D eigenvalue weighted by molar-refractivity contribution is -0.161. The van der Waals surface area contributed by atoms with Crippen LogP contribution in [0.2, 0.25) is 0 Å². The molecule has 1 fully saturated rings. The molecule has 18 heavy (non-hydrogen) atoms. The van der Waals surface area contributed by atoms with E-state index in [4.69, 9.17) is 10.5 Å². The zero-order valence-corrected chi connectivity index (χ0v) is 10.4. The van der Waals surface area contributed by atoms with Gasteiger partial charge in [0.2, 0.25) is 0 Å². The number of nitrogens with zero attached hydrogens (tertiary/aromatic N) is 1. The summed E-state index contributed by atoms with van der Waals surface area (Å²) in [6, 6.07) is 10.0. The molecule has 1 atom stereocenters. The van der Waals surface area contributed by atoms with Crippen LogP contribution in [0.3, 0.4) is 0 Å². The SMILES string of the molecule is C[C@@H](OC(N)=O)C1(O)CN(Cc2ccccc2)C1. The predicted molar refractivity (Wildman–Crippen MR) is 66.8 cm³/mol. The van der Waals surface area contributed by atoms with Gasteiger partial charge in [0, 0.05) is 19.6 Å². The van der Waals surface area contributed by atoms with E-state index in [1.807, 2.05) is 30.3 Å². The summed E-state index contributed by atoms with van der Waals surface area (Å²) in [5, 5.41) is 10.2. The molecule has 0 spiro atoms. The van der Waals surface area contributed by atoms with Crippen molar-refractivity contribution in [3.8, 4) is 0 Å². The molecular formula is C13H18N2O3. The van der Waals surface area contributed by atoms with Crippen molar-refractivity contribution >= 4 is 6.09 Å². The van der Waals surface area contributed by atoms with Crippen molar-refractivity contribution in [1.29, 1.82) is 0 Å². The normalized spacial score (nSPS) is 19.9. The number of ether oxygens (including phenoxy) is 1. The number of β-amino-alcohol motifs (C(OH)–C–C–N with tert-alkyl or cyclic N) is 1. The first-order valence-corrected chi connectivity index (χ1v) is 5.94.